The highest BCUT2D eigenvalue weighted by molar-refractivity contribution is 5.29. The van der Waals surface area contributed by atoms with Crippen molar-refractivity contribution in [3.63, 3.8) is 0 Å². The Kier molecular flexibility index (Phi) is 8.86. The third-order valence-electron chi connectivity index (χ3n) is 6.41. The van der Waals surface area contributed by atoms with Crippen LogP contribution in [0, 0.1) is 0 Å². The van der Waals surface area contributed by atoms with Gasteiger partial charge in [-0.1, -0.05) is 23.8 Å². The zero-order valence-corrected chi connectivity index (χ0v) is 17.9. The zero-order valence-electron chi connectivity index (χ0n) is 17.9. The van der Waals surface area contributed by atoms with E-state index < -0.39 is 25.1 Å². The van der Waals surface area contributed by atoms with Crippen LogP contribution in [0.2, 0.25) is 0 Å². The summed E-state index contributed by atoms with van der Waals surface area (Å²) in [5, 5.41) is 0. The molecule has 0 atom stereocenters. The Morgan fingerprint density at radius 3 is 1.90 bits per heavy atom. The molecule has 0 radical (unpaired) electrons. The minimum Gasteiger partial charge on any atom is -0.303 e. The fourth-order valence-electron chi connectivity index (χ4n) is 4.49. The molecule has 0 spiro atoms. The van der Waals surface area contributed by atoms with Gasteiger partial charge in [-0.15, -0.1) is 0 Å². The van der Waals surface area contributed by atoms with Crippen LogP contribution in [-0.2, 0) is 12.7 Å². The maximum Gasteiger partial charge on any atom is 0.416 e. The topological polar surface area (TPSA) is 9.72 Å². The molecule has 2 aliphatic rings. The van der Waals surface area contributed by atoms with Gasteiger partial charge in [0.1, 0.15) is 13.3 Å². The number of benzene rings is 1. The maximum absolute atomic E-state index is 13.2. The molecule has 2 saturated heterocycles. The number of piperazine rings is 1. The molecule has 3 rings (SSSR count). The van der Waals surface area contributed by atoms with Gasteiger partial charge in [0.25, 0.3) is 0 Å². The van der Waals surface area contributed by atoms with Gasteiger partial charge >= 0.3 is 6.18 Å². The van der Waals surface area contributed by atoms with E-state index in [4.69, 9.17) is 0 Å². The van der Waals surface area contributed by atoms with E-state index in [0.717, 1.165) is 83.3 Å². The van der Waals surface area contributed by atoms with Crippen molar-refractivity contribution < 1.29 is 22.0 Å². The molecule has 2 aliphatic heterocycles. The van der Waals surface area contributed by atoms with E-state index in [-0.39, 0.29) is 0 Å². The summed E-state index contributed by atoms with van der Waals surface area (Å²) in [5.41, 5.74) is 1.08. The second-order valence-corrected chi connectivity index (χ2v) is 8.44. The van der Waals surface area contributed by atoms with Gasteiger partial charge < -0.3 is 9.80 Å². The minimum atomic E-state index is -4.32. The van der Waals surface area contributed by atoms with E-state index in [1.54, 1.807) is 12.1 Å². The van der Waals surface area contributed by atoms with Crippen LogP contribution >= 0.6 is 0 Å². The molecule has 0 saturated carbocycles. The Morgan fingerprint density at radius 1 is 0.774 bits per heavy atom. The monoisotopic (exact) mass is 445 g/mol. The summed E-state index contributed by atoms with van der Waals surface area (Å²) < 4.78 is 65.2. The summed E-state index contributed by atoms with van der Waals surface area (Å²) in [6.45, 7) is 5.84. The first-order valence-corrected chi connectivity index (χ1v) is 11.0. The lowest BCUT2D eigenvalue weighted by molar-refractivity contribution is -0.138. The first-order chi connectivity index (χ1) is 14.9. The second-order valence-electron chi connectivity index (χ2n) is 8.44. The second kappa shape index (κ2) is 11.4. The van der Waals surface area contributed by atoms with Crippen molar-refractivity contribution in [3.8, 4) is 0 Å². The van der Waals surface area contributed by atoms with Crippen LogP contribution in [0.1, 0.15) is 30.4 Å². The lowest BCUT2D eigenvalue weighted by Gasteiger charge is -2.36. The smallest absolute Gasteiger partial charge is 0.303 e. The molecule has 174 valence electrons. The number of halogens is 5. The van der Waals surface area contributed by atoms with Gasteiger partial charge in [-0.3, -0.25) is 4.90 Å². The van der Waals surface area contributed by atoms with Gasteiger partial charge in [-0.2, -0.15) is 13.2 Å². The highest BCUT2D eigenvalue weighted by atomic mass is 19.4. The third kappa shape index (κ3) is 6.99. The number of rotatable bonds is 8. The van der Waals surface area contributed by atoms with Crippen LogP contribution in [0.15, 0.2) is 35.4 Å². The molecular formula is C23H32F5N3. The highest BCUT2D eigenvalue weighted by Gasteiger charge is 2.33. The van der Waals surface area contributed by atoms with E-state index >= 15 is 0 Å². The Balaban J connectivity index is 1.36. The molecule has 0 N–H and O–H groups in total. The summed E-state index contributed by atoms with van der Waals surface area (Å²) in [7, 11) is 0. The van der Waals surface area contributed by atoms with Crippen molar-refractivity contribution in [2.45, 2.75) is 32.0 Å². The third-order valence-corrected chi connectivity index (χ3v) is 6.41. The molecule has 3 nitrogen and oxygen atoms in total. The minimum absolute atomic E-state index is 0.326. The summed E-state index contributed by atoms with van der Waals surface area (Å²) in [6, 6.07) is 5.82. The largest absolute Gasteiger partial charge is 0.416 e. The van der Waals surface area contributed by atoms with Crippen LogP contribution in [0.25, 0.3) is 0 Å². The molecule has 0 bridgehead atoms. The molecule has 31 heavy (non-hydrogen) atoms. The predicted molar refractivity (Wildman–Crippen MR) is 112 cm³/mol. The van der Waals surface area contributed by atoms with Gasteiger partial charge in [-0.25, -0.2) is 8.78 Å². The molecule has 0 aromatic heterocycles. The average Bonchev–Trinajstić information content (AvgIpc) is 2.76. The number of likely N-dealkylation sites (tertiary alicyclic amines) is 1. The fourth-order valence-corrected chi connectivity index (χ4v) is 4.49. The van der Waals surface area contributed by atoms with Gasteiger partial charge in [-0.05, 0) is 49.6 Å². The van der Waals surface area contributed by atoms with E-state index in [1.165, 1.54) is 6.07 Å². The Bertz CT molecular complexity index is 710. The Hall–Kier alpha value is -1.51. The van der Waals surface area contributed by atoms with Crippen molar-refractivity contribution >= 4 is 0 Å². The van der Waals surface area contributed by atoms with Crippen LogP contribution in [-0.4, -0.2) is 80.4 Å². The van der Waals surface area contributed by atoms with Crippen LogP contribution in [0.4, 0.5) is 22.0 Å². The molecule has 1 aromatic carbocycles. The summed E-state index contributed by atoms with van der Waals surface area (Å²) >= 11 is 0. The SMILES string of the molecule is FCC(CF)=C1CCN(CCCN2CCN(Cc3ccccc3C(F)(F)F)CC2)CC1. The van der Waals surface area contributed by atoms with E-state index in [9.17, 15) is 22.0 Å². The summed E-state index contributed by atoms with van der Waals surface area (Å²) in [4.78, 5) is 6.81. The van der Waals surface area contributed by atoms with E-state index in [1.807, 2.05) is 0 Å². The lowest BCUT2D eigenvalue weighted by atomic mass is 9.99. The van der Waals surface area contributed by atoms with Crippen molar-refractivity contribution in [2.24, 2.45) is 0 Å². The van der Waals surface area contributed by atoms with Gasteiger partial charge in [0.2, 0.25) is 0 Å². The maximum atomic E-state index is 13.2. The zero-order chi connectivity index (χ0) is 22.3. The first-order valence-electron chi connectivity index (χ1n) is 11.0. The van der Waals surface area contributed by atoms with Gasteiger partial charge in [0.15, 0.2) is 0 Å². The highest BCUT2D eigenvalue weighted by Crippen LogP contribution is 2.32. The van der Waals surface area contributed by atoms with Crippen molar-refractivity contribution in [1.82, 2.24) is 14.7 Å². The molecule has 0 unspecified atom stereocenters. The molecule has 1 aromatic rings. The number of piperidine rings is 1. The van der Waals surface area contributed by atoms with Crippen molar-refractivity contribution in [2.75, 3.05) is 65.7 Å². The number of hydrogen-bond acceptors (Lipinski definition) is 3. The van der Waals surface area contributed by atoms with Crippen LogP contribution in [0.5, 0.6) is 0 Å². The molecule has 0 amide bonds. The standard InChI is InChI=1S/C23H32F5N3/c24-16-21(17-25)19-6-10-29(11-7-19)8-3-9-30-12-14-31(15-13-30)18-20-4-1-2-5-22(20)23(26,27)28/h1-2,4-5H,3,6-18H2. The number of nitrogens with zero attached hydrogens (tertiary/aromatic N) is 3. The van der Waals surface area contributed by atoms with Crippen molar-refractivity contribution in [1.29, 1.82) is 0 Å². The van der Waals surface area contributed by atoms with E-state index in [0.29, 0.717) is 17.7 Å². The molecule has 8 heteroatoms. The number of allylic oxidation sites excluding steroid dienone is 1. The summed E-state index contributed by atoms with van der Waals surface area (Å²) in [6.07, 6.45) is -1.79. The number of alkyl halides is 5. The predicted octanol–water partition coefficient (Wildman–Crippen LogP) is 4.54. The number of hydrogen-bond donors (Lipinski definition) is 0. The van der Waals surface area contributed by atoms with Crippen LogP contribution < -0.4 is 0 Å². The molecular weight excluding hydrogens is 413 g/mol. The van der Waals surface area contributed by atoms with Crippen molar-refractivity contribution in [3.05, 3.63) is 46.5 Å². The normalized spacial score (nSPS) is 19.7. The quantitative estimate of drug-likeness (QED) is 0.430. The van der Waals surface area contributed by atoms with Gasteiger partial charge in [0, 0.05) is 45.8 Å². The Labute approximate surface area is 181 Å². The molecule has 2 fully saturated rings. The Morgan fingerprint density at radius 2 is 1.32 bits per heavy atom. The fraction of sp³-hybridized carbons (Fsp3) is 0.652. The van der Waals surface area contributed by atoms with E-state index in [2.05, 4.69) is 14.7 Å². The molecule has 2 heterocycles. The van der Waals surface area contributed by atoms with Crippen LogP contribution in [0.3, 0.4) is 0 Å². The average molecular weight is 446 g/mol. The van der Waals surface area contributed by atoms with Gasteiger partial charge in [0.05, 0.1) is 5.56 Å². The summed E-state index contributed by atoms with van der Waals surface area (Å²) in [5.74, 6) is 0. The lowest BCUT2D eigenvalue weighted by Crippen LogP contribution is -2.46. The molecule has 0 aliphatic carbocycles. The first kappa shape index (κ1) is 24.1.